The van der Waals surface area contributed by atoms with Crippen molar-refractivity contribution >= 4 is 15.9 Å². The molecule has 0 fully saturated rings. The molecule has 4 heteroatoms. The second kappa shape index (κ2) is 9.36. The van der Waals surface area contributed by atoms with E-state index in [0.717, 1.165) is 0 Å². The number of hydrogen-bond donors (Lipinski definition) is 2. The largest absolute Gasteiger partial charge is 0.394 e. The predicted molar refractivity (Wildman–Crippen MR) is 46.5 cm³/mol. The lowest BCUT2D eigenvalue weighted by Gasteiger charge is -1.96. The number of hydrogen-bond acceptors (Lipinski definition) is 3. The fraction of sp³-hybridized carbons (Fsp3) is 1.00. The van der Waals surface area contributed by atoms with Crippen molar-refractivity contribution < 1.29 is 10.2 Å². The van der Waals surface area contributed by atoms with E-state index >= 15 is 0 Å². The molecule has 0 saturated heterocycles. The molecule has 0 aliphatic heterocycles. The first-order valence-corrected chi connectivity index (χ1v) is 4.12. The van der Waals surface area contributed by atoms with E-state index in [1.807, 2.05) is 26.0 Å². The Bertz CT molecular complexity index is 55.0. The maximum Gasteiger partial charge on any atom is 0.0867 e. The minimum Gasteiger partial charge on any atom is -0.394 e. The monoisotopic (exact) mass is 213 g/mol. The highest BCUT2D eigenvalue weighted by atomic mass is 79.9. The van der Waals surface area contributed by atoms with Gasteiger partial charge < -0.3 is 15.1 Å². The van der Waals surface area contributed by atoms with Gasteiger partial charge in [0, 0.05) is 5.33 Å². The van der Waals surface area contributed by atoms with Crippen LogP contribution in [0.25, 0.3) is 0 Å². The van der Waals surface area contributed by atoms with Gasteiger partial charge in [0.05, 0.1) is 12.7 Å². The summed E-state index contributed by atoms with van der Waals surface area (Å²) in [5, 5.41) is 16.9. The van der Waals surface area contributed by atoms with Crippen LogP contribution in [0, 0.1) is 0 Å². The third kappa shape index (κ3) is 23.8. The van der Waals surface area contributed by atoms with Crippen molar-refractivity contribution in [2.24, 2.45) is 0 Å². The van der Waals surface area contributed by atoms with E-state index in [-0.39, 0.29) is 6.61 Å². The van der Waals surface area contributed by atoms with Crippen molar-refractivity contribution in [3.8, 4) is 0 Å². The van der Waals surface area contributed by atoms with Crippen LogP contribution in [0.15, 0.2) is 0 Å². The molecule has 1 unspecified atom stereocenters. The van der Waals surface area contributed by atoms with Crippen LogP contribution < -0.4 is 0 Å². The molecular weight excluding hydrogens is 198 g/mol. The molecular formula is C6H16BrNO2. The van der Waals surface area contributed by atoms with Gasteiger partial charge in [-0.2, -0.15) is 0 Å². The topological polar surface area (TPSA) is 43.7 Å². The number of aliphatic hydroxyl groups excluding tert-OH is 2. The molecule has 0 aromatic carbocycles. The van der Waals surface area contributed by atoms with Gasteiger partial charge in [0.25, 0.3) is 0 Å². The van der Waals surface area contributed by atoms with Gasteiger partial charge in [-0.3, -0.25) is 0 Å². The fourth-order valence-corrected chi connectivity index (χ4v) is 0.254. The van der Waals surface area contributed by atoms with E-state index in [0.29, 0.717) is 5.33 Å². The van der Waals surface area contributed by atoms with E-state index in [1.54, 1.807) is 0 Å². The minimum absolute atomic E-state index is 0.161. The molecule has 3 nitrogen and oxygen atoms in total. The molecule has 2 N–H and O–H groups in total. The average molecular weight is 214 g/mol. The van der Waals surface area contributed by atoms with Crippen molar-refractivity contribution in [3.63, 3.8) is 0 Å². The smallest absolute Gasteiger partial charge is 0.0867 e. The summed E-state index contributed by atoms with van der Waals surface area (Å²) in [4.78, 5) is 2.00. The molecule has 0 saturated carbocycles. The number of aliphatic hydroxyl groups is 2. The Kier molecular flexibility index (Phi) is 12.2. The molecule has 0 spiro atoms. The van der Waals surface area contributed by atoms with Crippen LogP contribution in [-0.4, -0.2) is 54.3 Å². The Balaban J connectivity index is 0. The summed E-state index contributed by atoms with van der Waals surface area (Å²) in [6.45, 7) is -0.161. The first kappa shape index (κ1) is 13.0. The van der Waals surface area contributed by atoms with Gasteiger partial charge in [0.1, 0.15) is 0 Å². The van der Waals surface area contributed by atoms with Crippen LogP contribution in [-0.2, 0) is 0 Å². The van der Waals surface area contributed by atoms with E-state index in [1.165, 1.54) is 0 Å². The SMILES string of the molecule is CN(C)C.OCC(O)CBr. The van der Waals surface area contributed by atoms with Crippen molar-refractivity contribution in [1.82, 2.24) is 4.90 Å². The van der Waals surface area contributed by atoms with Crippen LogP contribution in [0.1, 0.15) is 0 Å². The highest BCUT2D eigenvalue weighted by Gasteiger charge is 1.93. The Labute approximate surface area is 70.8 Å². The van der Waals surface area contributed by atoms with Crippen molar-refractivity contribution in [3.05, 3.63) is 0 Å². The lowest BCUT2D eigenvalue weighted by Crippen LogP contribution is -2.12. The quantitative estimate of drug-likeness (QED) is 0.631. The van der Waals surface area contributed by atoms with E-state index in [9.17, 15) is 0 Å². The van der Waals surface area contributed by atoms with E-state index in [4.69, 9.17) is 10.2 Å². The summed E-state index contributed by atoms with van der Waals surface area (Å²) in [5.74, 6) is 0. The van der Waals surface area contributed by atoms with Crippen molar-refractivity contribution in [2.75, 3.05) is 33.1 Å². The first-order chi connectivity index (χ1) is 4.54. The molecule has 0 radical (unpaired) electrons. The zero-order valence-electron chi connectivity index (χ0n) is 6.71. The molecule has 0 rings (SSSR count). The third-order valence-corrected chi connectivity index (χ3v) is 1.14. The molecule has 0 bridgehead atoms. The van der Waals surface area contributed by atoms with Gasteiger partial charge in [-0.05, 0) is 21.1 Å². The molecule has 0 aromatic heterocycles. The molecule has 1 atom stereocenters. The second-order valence-electron chi connectivity index (χ2n) is 2.33. The Hall–Kier alpha value is 0.360. The lowest BCUT2D eigenvalue weighted by molar-refractivity contribution is 0.114. The summed E-state index contributed by atoms with van der Waals surface area (Å²) in [6, 6.07) is 0. The summed E-state index contributed by atoms with van der Waals surface area (Å²) in [6.07, 6.45) is -0.593. The summed E-state index contributed by atoms with van der Waals surface area (Å²) in [5.41, 5.74) is 0. The van der Waals surface area contributed by atoms with Crippen LogP contribution in [0.3, 0.4) is 0 Å². The van der Waals surface area contributed by atoms with Gasteiger partial charge in [0.2, 0.25) is 0 Å². The zero-order chi connectivity index (χ0) is 8.57. The minimum atomic E-state index is -0.593. The number of alkyl halides is 1. The molecule has 0 amide bonds. The molecule has 64 valence electrons. The number of nitrogens with zero attached hydrogens (tertiary/aromatic N) is 1. The standard InChI is InChI=1S/C3H7BrO2.C3H9N/c4-1-3(6)2-5;1-4(2)3/h3,5-6H,1-2H2;1-3H3. The maximum atomic E-state index is 8.37. The zero-order valence-corrected chi connectivity index (χ0v) is 8.30. The van der Waals surface area contributed by atoms with Crippen LogP contribution in [0.5, 0.6) is 0 Å². The Morgan fingerprint density at radius 3 is 1.70 bits per heavy atom. The molecule has 0 aromatic rings. The lowest BCUT2D eigenvalue weighted by atomic mass is 10.5. The summed E-state index contributed by atoms with van der Waals surface area (Å²) >= 11 is 2.96. The van der Waals surface area contributed by atoms with Crippen LogP contribution in [0.4, 0.5) is 0 Å². The molecule has 10 heavy (non-hydrogen) atoms. The third-order valence-electron chi connectivity index (χ3n) is 0.389. The van der Waals surface area contributed by atoms with Gasteiger partial charge in [-0.1, -0.05) is 15.9 Å². The number of rotatable bonds is 2. The highest BCUT2D eigenvalue weighted by molar-refractivity contribution is 9.09. The first-order valence-electron chi connectivity index (χ1n) is 3.00. The second-order valence-corrected chi connectivity index (χ2v) is 2.98. The Morgan fingerprint density at radius 1 is 1.40 bits per heavy atom. The summed E-state index contributed by atoms with van der Waals surface area (Å²) < 4.78 is 0. The fourth-order valence-electron chi connectivity index (χ4n) is 0.0488. The summed E-state index contributed by atoms with van der Waals surface area (Å²) in [7, 11) is 6.00. The van der Waals surface area contributed by atoms with Crippen LogP contribution >= 0.6 is 15.9 Å². The Morgan fingerprint density at radius 2 is 1.70 bits per heavy atom. The molecule has 0 aliphatic carbocycles. The normalized spacial score (nSPS) is 12.3. The predicted octanol–water partition coefficient (Wildman–Crippen LogP) is -0.0877. The van der Waals surface area contributed by atoms with Gasteiger partial charge in [-0.25, -0.2) is 0 Å². The molecule has 0 heterocycles. The van der Waals surface area contributed by atoms with Crippen molar-refractivity contribution in [1.29, 1.82) is 0 Å². The molecule has 0 aliphatic rings. The maximum absolute atomic E-state index is 8.37. The highest BCUT2D eigenvalue weighted by Crippen LogP contribution is 1.85. The average Bonchev–Trinajstić information content (AvgIpc) is 1.85. The van der Waals surface area contributed by atoms with Crippen molar-refractivity contribution in [2.45, 2.75) is 6.10 Å². The van der Waals surface area contributed by atoms with Gasteiger partial charge in [0.15, 0.2) is 0 Å². The van der Waals surface area contributed by atoms with Gasteiger partial charge in [-0.15, -0.1) is 0 Å². The van der Waals surface area contributed by atoms with Crippen LogP contribution in [0.2, 0.25) is 0 Å². The van der Waals surface area contributed by atoms with E-state index < -0.39 is 6.10 Å². The van der Waals surface area contributed by atoms with Gasteiger partial charge >= 0.3 is 0 Å². The van der Waals surface area contributed by atoms with E-state index in [2.05, 4.69) is 15.9 Å². The number of halogens is 1.